The summed E-state index contributed by atoms with van der Waals surface area (Å²) in [4.78, 5) is 0. The highest BCUT2D eigenvalue weighted by atomic mass is 79.9. The molecule has 1 aromatic heterocycles. The normalized spacial score (nSPS) is 24.1. The Morgan fingerprint density at radius 2 is 2.16 bits per heavy atom. The number of aryl methyl sites for hydroxylation is 1. The van der Waals surface area contributed by atoms with Crippen LogP contribution in [0.5, 0.6) is 0 Å². The summed E-state index contributed by atoms with van der Waals surface area (Å²) in [6.07, 6.45) is 5.91. The van der Waals surface area contributed by atoms with Crippen LogP contribution in [0, 0.1) is 5.92 Å². The van der Waals surface area contributed by atoms with Gasteiger partial charge in [-0.2, -0.15) is 5.10 Å². The molecule has 3 nitrogen and oxygen atoms in total. The van der Waals surface area contributed by atoms with Gasteiger partial charge in [0.15, 0.2) is 0 Å². The molecule has 1 saturated carbocycles. The minimum atomic E-state index is 0.204. The average Bonchev–Trinajstić information content (AvgIpc) is 2.91. The predicted molar refractivity (Wildman–Crippen MR) is 83.4 cm³/mol. The fourth-order valence-electron chi connectivity index (χ4n) is 3.07. The van der Waals surface area contributed by atoms with Gasteiger partial charge in [0.05, 0.1) is 16.4 Å². The molecule has 1 aromatic rings. The lowest BCUT2D eigenvalue weighted by Crippen LogP contribution is -2.39. The van der Waals surface area contributed by atoms with Gasteiger partial charge in [0.25, 0.3) is 0 Å². The van der Waals surface area contributed by atoms with E-state index >= 15 is 0 Å². The Hall–Kier alpha value is -0.350. The molecule has 0 saturated heterocycles. The lowest BCUT2D eigenvalue weighted by molar-refractivity contribution is 0.349. The molecule has 0 radical (unpaired) electrons. The van der Waals surface area contributed by atoms with Crippen LogP contribution < -0.4 is 5.32 Å². The summed E-state index contributed by atoms with van der Waals surface area (Å²) in [5, 5.41) is 8.14. The molecule has 4 heteroatoms. The Labute approximate surface area is 125 Å². The molecular formula is C15H26BrN3. The minimum Gasteiger partial charge on any atom is -0.312 e. The lowest BCUT2D eigenvalue weighted by atomic mass is 9.92. The molecule has 0 spiro atoms. The highest BCUT2D eigenvalue weighted by Gasteiger charge is 2.32. The average molecular weight is 328 g/mol. The molecule has 108 valence electrons. The first-order valence-corrected chi connectivity index (χ1v) is 8.18. The number of hydrogen-bond acceptors (Lipinski definition) is 2. The zero-order valence-electron chi connectivity index (χ0n) is 12.5. The first-order chi connectivity index (χ1) is 8.92. The molecule has 2 atom stereocenters. The minimum absolute atomic E-state index is 0.204. The Kier molecular flexibility index (Phi) is 4.72. The van der Waals surface area contributed by atoms with Gasteiger partial charge in [0.2, 0.25) is 0 Å². The van der Waals surface area contributed by atoms with E-state index in [9.17, 15) is 0 Å². The van der Waals surface area contributed by atoms with Crippen LogP contribution in [-0.2, 0) is 6.54 Å². The van der Waals surface area contributed by atoms with Crippen LogP contribution in [0.15, 0.2) is 10.7 Å². The van der Waals surface area contributed by atoms with Gasteiger partial charge in [-0.05, 0) is 68.9 Å². The van der Waals surface area contributed by atoms with E-state index in [4.69, 9.17) is 0 Å². The molecule has 1 fully saturated rings. The maximum absolute atomic E-state index is 4.47. The molecule has 1 N–H and O–H groups in total. The number of nitrogens with one attached hydrogen (secondary N) is 1. The van der Waals surface area contributed by atoms with Crippen LogP contribution in [0.1, 0.15) is 58.6 Å². The van der Waals surface area contributed by atoms with E-state index < -0.39 is 0 Å². The third kappa shape index (κ3) is 3.60. The first kappa shape index (κ1) is 15.0. The van der Waals surface area contributed by atoms with Crippen molar-refractivity contribution in [1.82, 2.24) is 15.1 Å². The van der Waals surface area contributed by atoms with Gasteiger partial charge in [-0.1, -0.05) is 6.42 Å². The standard InChI is InChI=1S/C15H26BrN3/c1-5-19-14(13(16)10-18-19)12-8-6-7-11(12)9-17-15(2,3)4/h10-12,17H,5-9H2,1-4H3. The third-order valence-electron chi connectivity index (χ3n) is 4.04. The second-order valence-electron chi connectivity index (χ2n) is 6.62. The van der Waals surface area contributed by atoms with Crippen molar-refractivity contribution >= 4 is 15.9 Å². The van der Waals surface area contributed by atoms with Crippen LogP contribution in [-0.4, -0.2) is 21.9 Å². The topological polar surface area (TPSA) is 29.9 Å². The summed E-state index contributed by atoms with van der Waals surface area (Å²) in [5.41, 5.74) is 1.61. The molecule has 2 unspecified atom stereocenters. The molecular weight excluding hydrogens is 302 g/mol. The number of nitrogens with zero attached hydrogens (tertiary/aromatic N) is 2. The van der Waals surface area contributed by atoms with Gasteiger partial charge in [-0.25, -0.2) is 0 Å². The Bertz CT molecular complexity index is 420. The maximum Gasteiger partial charge on any atom is 0.0635 e. The van der Waals surface area contributed by atoms with Crippen molar-refractivity contribution in [2.24, 2.45) is 5.92 Å². The van der Waals surface area contributed by atoms with Gasteiger partial charge >= 0.3 is 0 Å². The van der Waals surface area contributed by atoms with E-state index in [2.05, 4.69) is 58.7 Å². The molecule has 0 amide bonds. The molecule has 0 aromatic carbocycles. The molecule has 0 bridgehead atoms. The van der Waals surface area contributed by atoms with Crippen LogP contribution >= 0.6 is 15.9 Å². The largest absolute Gasteiger partial charge is 0.312 e. The summed E-state index contributed by atoms with van der Waals surface area (Å²) in [7, 11) is 0. The molecule has 1 aliphatic rings. The van der Waals surface area contributed by atoms with Crippen LogP contribution in [0.3, 0.4) is 0 Å². The fourth-order valence-corrected chi connectivity index (χ4v) is 3.66. The first-order valence-electron chi connectivity index (χ1n) is 7.38. The van der Waals surface area contributed by atoms with Gasteiger partial charge < -0.3 is 5.32 Å². The maximum atomic E-state index is 4.47. The SMILES string of the molecule is CCn1ncc(Br)c1C1CCCC1CNC(C)(C)C. The Morgan fingerprint density at radius 3 is 2.79 bits per heavy atom. The van der Waals surface area contributed by atoms with Crippen molar-refractivity contribution in [1.29, 1.82) is 0 Å². The van der Waals surface area contributed by atoms with Crippen LogP contribution in [0.2, 0.25) is 0 Å². The molecule has 1 aliphatic carbocycles. The second-order valence-corrected chi connectivity index (χ2v) is 7.48. The third-order valence-corrected chi connectivity index (χ3v) is 4.65. The number of aromatic nitrogens is 2. The van der Waals surface area contributed by atoms with Crippen molar-refractivity contribution in [3.63, 3.8) is 0 Å². The number of rotatable bonds is 4. The van der Waals surface area contributed by atoms with Gasteiger partial charge in [0.1, 0.15) is 0 Å². The second kappa shape index (κ2) is 5.96. The van der Waals surface area contributed by atoms with Crippen molar-refractivity contribution < 1.29 is 0 Å². The molecule has 1 heterocycles. The van der Waals surface area contributed by atoms with E-state index in [-0.39, 0.29) is 5.54 Å². The molecule has 0 aliphatic heterocycles. The van der Waals surface area contributed by atoms with E-state index in [1.54, 1.807) is 0 Å². The lowest BCUT2D eigenvalue weighted by Gasteiger charge is -2.27. The highest BCUT2D eigenvalue weighted by Crippen LogP contribution is 2.42. The summed E-state index contributed by atoms with van der Waals surface area (Å²) in [6, 6.07) is 0. The van der Waals surface area contributed by atoms with Crippen molar-refractivity contribution in [3.05, 3.63) is 16.4 Å². The van der Waals surface area contributed by atoms with Crippen molar-refractivity contribution in [2.75, 3.05) is 6.54 Å². The monoisotopic (exact) mass is 327 g/mol. The zero-order chi connectivity index (χ0) is 14.0. The highest BCUT2D eigenvalue weighted by molar-refractivity contribution is 9.10. The molecule has 19 heavy (non-hydrogen) atoms. The van der Waals surface area contributed by atoms with E-state index in [1.807, 2.05) is 6.20 Å². The summed E-state index contributed by atoms with van der Waals surface area (Å²) in [5.74, 6) is 1.38. The Balaban J connectivity index is 2.12. The van der Waals surface area contributed by atoms with E-state index in [0.717, 1.165) is 19.0 Å². The smallest absolute Gasteiger partial charge is 0.0635 e. The Morgan fingerprint density at radius 1 is 1.42 bits per heavy atom. The summed E-state index contributed by atoms with van der Waals surface area (Å²) >= 11 is 3.68. The number of hydrogen-bond donors (Lipinski definition) is 1. The summed E-state index contributed by atoms with van der Waals surface area (Å²) in [6.45, 7) is 10.9. The zero-order valence-corrected chi connectivity index (χ0v) is 14.1. The fraction of sp³-hybridized carbons (Fsp3) is 0.800. The van der Waals surface area contributed by atoms with Gasteiger partial charge in [0, 0.05) is 18.0 Å². The van der Waals surface area contributed by atoms with Crippen LogP contribution in [0.25, 0.3) is 0 Å². The van der Waals surface area contributed by atoms with Gasteiger partial charge in [-0.3, -0.25) is 4.68 Å². The van der Waals surface area contributed by atoms with Crippen molar-refractivity contribution in [2.45, 2.75) is 65.0 Å². The summed E-state index contributed by atoms with van der Waals surface area (Å²) < 4.78 is 3.34. The van der Waals surface area contributed by atoms with E-state index in [1.165, 1.54) is 29.4 Å². The van der Waals surface area contributed by atoms with Gasteiger partial charge in [-0.15, -0.1) is 0 Å². The van der Waals surface area contributed by atoms with Crippen LogP contribution in [0.4, 0.5) is 0 Å². The number of halogens is 1. The quantitative estimate of drug-likeness (QED) is 0.907. The predicted octanol–water partition coefficient (Wildman–Crippen LogP) is 3.94. The molecule has 2 rings (SSSR count). The van der Waals surface area contributed by atoms with E-state index in [0.29, 0.717) is 5.92 Å². The van der Waals surface area contributed by atoms with Crippen molar-refractivity contribution in [3.8, 4) is 0 Å².